The van der Waals surface area contributed by atoms with E-state index in [4.69, 9.17) is 4.74 Å². The SMILES string of the molecule is COc1ccc(C(Nc2ccccc2)C(=O)O)cc1Br. The Labute approximate surface area is 125 Å². The van der Waals surface area contributed by atoms with Crippen molar-refractivity contribution in [1.82, 2.24) is 0 Å². The summed E-state index contributed by atoms with van der Waals surface area (Å²) in [5.74, 6) is -0.275. The first-order valence-electron chi connectivity index (χ1n) is 5.99. The van der Waals surface area contributed by atoms with Crippen molar-refractivity contribution in [1.29, 1.82) is 0 Å². The number of benzene rings is 2. The Morgan fingerprint density at radius 3 is 2.50 bits per heavy atom. The zero-order valence-electron chi connectivity index (χ0n) is 10.8. The maximum atomic E-state index is 11.5. The largest absolute Gasteiger partial charge is 0.496 e. The Hall–Kier alpha value is -2.01. The first-order valence-corrected chi connectivity index (χ1v) is 6.79. The van der Waals surface area contributed by atoms with Crippen molar-refractivity contribution >= 4 is 27.6 Å². The molecule has 0 aromatic heterocycles. The number of aliphatic carboxylic acids is 1. The van der Waals surface area contributed by atoms with E-state index in [2.05, 4.69) is 21.2 Å². The molecule has 0 spiro atoms. The summed E-state index contributed by atoms with van der Waals surface area (Å²) < 4.78 is 5.86. The molecular weight excluding hydrogens is 322 g/mol. The molecule has 2 rings (SSSR count). The van der Waals surface area contributed by atoms with Gasteiger partial charge >= 0.3 is 5.97 Å². The van der Waals surface area contributed by atoms with E-state index in [1.807, 2.05) is 30.3 Å². The lowest BCUT2D eigenvalue weighted by molar-refractivity contribution is -0.138. The minimum atomic E-state index is -0.939. The van der Waals surface area contributed by atoms with Crippen molar-refractivity contribution in [2.24, 2.45) is 0 Å². The highest BCUT2D eigenvalue weighted by Crippen LogP contribution is 2.29. The van der Waals surface area contributed by atoms with Crippen LogP contribution in [0.15, 0.2) is 53.0 Å². The molecule has 0 fully saturated rings. The Morgan fingerprint density at radius 1 is 1.25 bits per heavy atom. The highest BCUT2D eigenvalue weighted by Gasteiger charge is 2.20. The lowest BCUT2D eigenvalue weighted by atomic mass is 10.1. The number of carboxylic acid groups (broad SMARTS) is 1. The molecule has 0 amide bonds. The van der Waals surface area contributed by atoms with Crippen LogP contribution in [0.3, 0.4) is 0 Å². The number of hydrogen-bond donors (Lipinski definition) is 2. The third kappa shape index (κ3) is 3.30. The van der Waals surface area contributed by atoms with Crippen LogP contribution in [-0.4, -0.2) is 18.2 Å². The maximum Gasteiger partial charge on any atom is 0.330 e. The van der Waals surface area contributed by atoms with Gasteiger partial charge in [0.25, 0.3) is 0 Å². The van der Waals surface area contributed by atoms with Gasteiger partial charge in [0, 0.05) is 5.69 Å². The molecule has 1 unspecified atom stereocenters. The molecule has 104 valence electrons. The van der Waals surface area contributed by atoms with Crippen LogP contribution in [0.4, 0.5) is 5.69 Å². The van der Waals surface area contributed by atoms with Gasteiger partial charge in [-0.2, -0.15) is 0 Å². The Kier molecular flexibility index (Phi) is 4.63. The smallest absolute Gasteiger partial charge is 0.330 e. The predicted molar refractivity (Wildman–Crippen MR) is 81.1 cm³/mol. The van der Waals surface area contributed by atoms with Crippen LogP contribution < -0.4 is 10.1 Å². The average Bonchev–Trinajstić information content (AvgIpc) is 2.45. The molecule has 0 saturated carbocycles. The summed E-state index contributed by atoms with van der Waals surface area (Å²) in [5, 5.41) is 12.4. The molecule has 0 aliphatic heterocycles. The first-order chi connectivity index (χ1) is 9.61. The van der Waals surface area contributed by atoms with E-state index in [1.54, 1.807) is 25.3 Å². The molecule has 0 aliphatic rings. The van der Waals surface area contributed by atoms with Crippen molar-refractivity contribution in [3.05, 3.63) is 58.6 Å². The topological polar surface area (TPSA) is 58.6 Å². The summed E-state index contributed by atoms with van der Waals surface area (Å²) in [7, 11) is 1.57. The fourth-order valence-electron chi connectivity index (χ4n) is 1.85. The lowest BCUT2D eigenvalue weighted by Gasteiger charge is -2.17. The summed E-state index contributed by atoms with van der Waals surface area (Å²) in [6.07, 6.45) is 0. The Bertz CT molecular complexity index is 601. The Balaban J connectivity index is 2.29. The van der Waals surface area contributed by atoms with Gasteiger partial charge in [-0.25, -0.2) is 4.79 Å². The second-order valence-corrected chi connectivity index (χ2v) is 5.03. The molecule has 0 aliphatic carbocycles. The number of rotatable bonds is 5. The van der Waals surface area contributed by atoms with Gasteiger partial charge in [0.15, 0.2) is 6.04 Å². The van der Waals surface area contributed by atoms with Crippen LogP contribution in [0, 0.1) is 0 Å². The summed E-state index contributed by atoms with van der Waals surface area (Å²) >= 11 is 3.36. The molecule has 2 N–H and O–H groups in total. The molecule has 0 saturated heterocycles. The van der Waals surface area contributed by atoms with Crippen LogP contribution in [0.1, 0.15) is 11.6 Å². The maximum absolute atomic E-state index is 11.5. The third-order valence-corrected chi connectivity index (χ3v) is 3.46. The number of anilines is 1. The molecular formula is C15H14BrNO3. The highest BCUT2D eigenvalue weighted by atomic mass is 79.9. The number of para-hydroxylation sites is 1. The van der Waals surface area contributed by atoms with Gasteiger partial charge in [-0.3, -0.25) is 0 Å². The second-order valence-electron chi connectivity index (χ2n) is 4.18. The first kappa shape index (κ1) is 14.4. The van der Waals surface area contributed by atoms with Gasteiger partial charge < -0.3 is 15.2 Å². The quantitative estimate of drug-likeness (QED) is 0.874. The highest BCUT2D eigenvalue weighted by molar-refractivity contribution is 9.10. The summed E-state index contributed by atoms with van der Waals surface area (Å²) in [4.78, 5) is 11.5. The van der Waals surface area contributed by atoms with Crippen molar-refractivity contribution in [3.63, 3.8) is 0 Å². The van der Waals surface area contributed by atoms with Gasteiger partial charge in [-0.15, -0.1) is 0 Å². The summed E-state index contributed by atoms with van der Waals surface area (Å²) in [6, 6.07) is 13.6. The van der Waals surface area contributed by atoms with Gasteiger partial charge in [0.05, 0.1) is 11.6 Å². The summed E-state index contributed by atoms with van der Waals surface area (Å²) in [6.45, 7) is 0. The van der Waals surface area contributed by atoms with E-state index in [-0.39, 0.29) is 0 Å². The van der Waals surface area contributed by atoms with Crippen LogP contribution in [0.25, 0.3) is 0 Å². The van der Waals surface area contributed by atoms with Gasteiger partial charge in [0.2, 0.25) is 0 Å². The standard InChI is InChI=1S/C15H14BrNO3/c1-20-13-8-7-10(9-12(13)16)14(15(18)19)17-11-5-3-2-4-6-11/h2-9,14,17H,1H3,(H,18,19). The molecule has 1 atom stereocenters. The zero-order valence-corrected chi connectivity index (χ0v) is 12.4. The fourth-order valence-corrected chi connectivity index (χ4v) is 2.41. The van der Waals surface area contributed by atoms with Crippen LogP contribution in [0.5, 0.6) is 5.75 Å². The number of ether oxygens (including phenoxy) is 1. The number of halogens is 1. The molecule has 2 aromatic carbocycles. The molecule has 20 heavy (non-hydrogen) atoms. The van der Waals surface area contributed by atoms with Gasteiger partial charge in [-0.05, 0) is 45.8 Å². The Morgan fingerprint density at radius 2 is 1.95 bits per heavy atom. The number of carboxylic acids is 1. The van der Waals surface area contributed by atoms with Crippen LogP contribution in [0.2, 0.25) is 0 Å². The molecule has 4 nitrogen and oxygen atoms in total. The second kappa shape index (κ2) is 6.43. The molecule has 0 heterocycles. The normalized spacial score (nSPS) is 11.7. The van der Waals surface area contributed by atoms with Crippen molar-refractivity contribution in [2.45, 2.75) is 6.04 Å². The van der Waals surface area contributed by atoms with E-state index >= 15 is 0 Å². The van der Waals surface area contributed by atoms with Crippen LogP contribution in [-0.2, 0) is 4.79 Å². The molecule has 0 radical (unpaired) electrons. The predicted octanol–water partition coefficient (Wildman–Crippen LogP) is 3.70. The number of methoxy groups -OCH3 is 1. The van der Waals surface area contributed by atoms with Crippen molar-refractivity contribution in [2.75, 3.05) is 12.4 Å². The average molecular weight is 336 g/mol. The molecule has 5 heteroatoms. The number of carbonyl (C=O) groups is 1. The zero-order chi connectivity index (χ0) is 14.5. The molecule has 0 bridgehead atoms. The number of nitrogens with one attached hydrogen (secondary N) is 1. The monoisotopic (exact) mass is 335 g/mol. The summed E-state index contributed by atoms with van der Waals surface area (Å²) in [5.41, 5.74) is 1.40. The van der Waals surface area contributed by atoms with E-state index in [1.165, 1.54) is 0 Å². The lowest BCUT2D eigenvalue weighted by Crippen LogP contribution is -2.20. The van der Waals surface area contributed by atoms with Gasteiger partial charge in [-0.1, -0.05) is 24.3 Å². The van der Waals surface area contributed by atoms with Crippen LogP contribution >= 0.6 is 15.9 Å². The number of hydrogen-bond acceptors (Lipinski definition) is 3. The minimum absolute atomic E-state index is 0.647. The molecule has 2 aromatic rings. The van der Waals surface area contributed by atoms with E-state index in [0.29, 0.717) is 11.3 Å². The van der Waals surface area contributed by atoms with E-state index < -0.39 is 12.0 Å². The van der Waals surface area contributed by atoms with E-state index in [9.17, 15) is 9.90 Å². The van der Waals surface area contributed by atoms with Crippen molar-refractivity contribution in [3.8, 4) is 5.75 Å². The van der Waals surface area contributed by atoms with Gasteiger partial charge in [0.1, 0.15) is 5.75 Å². The minimum Gasteiger partial charge on any atom is -0.496 e. The van der Waals surface area contributed by atoms with E-state index in [0.717, 1.165) is 10.2 Å². The van der Waals surface area contributed by atoms with Crippen molar-refractivity contribution < 1.29 is 14.6 Å². The third-order valence-electron chi connectivity index (χ3n) is 2.84. The fraction of sp³-hybridized carbons (Fsp3) is 0.133.